The molecule has 4 heteroatoms. The zero-order valence-corrected chi connectivity index (χ0v) is 11.5. The van der Waals surface area contributed by atoms with Gasteiger partial charge in [-0.25, -0.2) is 0 Å². The lowest BCUT2D eigenvalue weighted by Crippen LogP contribution is -2.42. The lowest BCUT2D eigenvalue weighted by molar-refractivity contribution is 0.0514. The second-order valence-electron chi connectivity index (χ2n) is 5.20. The van der Waals surface area contributed by atoms with Gasteiger partial charge in [0.1, 0.15) is 0 Å². The van der Waals surface area contributed by atoms with E-state index in [0.29, 0.717) is 18.7 Å². The van der Waals surface area contributed by atoms with Crippen molar-refractivity contribution in [3.8, 4) is 0 Å². The molecule has 4 nitrogen and oxygen atoms in total. The van der Waals surface area contributed by atoms with Gasteiger partial charge >= 0.3 is 0 Å². The Morgan fingerprint density at radius 1 is 1.47 bits per heavy atom. The van der Waals surface area contributed by atoms with E-state index in [0.717, 1.165) is 32.7 Å². The summed E-state index contributed by atoms with van der Waals surface area (Å²) in [4.78, 5) is 2.28. The normalized spacial score (nSPS) is 22.6. The van der Waals surface area contributed by atoms with Crippen LogP contribution in [0.2, 0.25) is 0 Å². The van der Waals surface area contributed by atoms with Crippen LogP contribution >= 0.6 is 0 Å². The predicted molar refractivity (Wildman–Crippen MR) is 70.2 cm³/mol. The summed E-state index contributed by atoms with van der Waals surface area (Å²) in [6, 6.07) is 0.429. The molecule has 2 N–H and O–H groups in total. The second-order valence-corrected chi connectivity index (χ2v) is 5.20. The van der Waals surface area contributed by atoms with Crippen molar-refractivity contribution in [3.63, 3.8) is 0 Å². The smallest absolute Gasteiger partial charge is 0.0791 e. The van der Waals surface area contributed by atoms with Gasteiger partial charge in [0.15, 0.2) is 0 Å². The number of likely N-dealkylation sites (N-methyl/N-ethyl adjacent to an activating group) is 1. The van der Waals surface area contributed by atoms with Crippen molar-refractivity contribution >= 4 is 0 Å². The van der Waals surface area contributed by atoms with Gasteiger partial charge in [-0.15, -0.1) is 0 Å². The summed E-state index contributed by atoms with van der Waals surface area (Å²) in [5.41, 5.74) is 0. The molecule has 0 aromatic rings. The molecule has 0 saturated carbocycles. The Bertz CT molecular complexity index is 194. The molecule has 1 saturated heterocycles. The maximum absolute atomic E-state index is 9.93. The van der Waals surface area contributed by atoms with Gasteiger partial charge in [-0.05, 0) is 19.4 Å². The minimum absolute atomic E-state index is 0.293. The van der Waals surface area contributed by atoms with Crippen LogP contribution in [0.5, 0.6) is 0 Å². The molecule has 1 fully saturated rings. The van der Waals surface area contributed by atoms with Crippen LogP contribution in [0, 0.1) is 0 Å². The molecule has 1 rings (SSSR count). The zero-order chi connectivity index (χ0) is 12.7. The molecule has 0 aromatic heterocycles. The first-order valence-corrected chi connectivity index (χ1v) is 6.87. The Labute approximate surface area is 105 Å². The van der Waals surface area contributed by atoms with Gasteiger partial charge in [-0.1, -0.05) is 20.8 Å². The molecule has 0 aromatic carbocycles. The fraction of sp³-hybridized carbons (Fsp3) is 1.00. The number of hydrogen-bond acceptors (Lipinski definition) is 4. The van der Waals surface area contributed by atoms with Crippen molar-refractivity contribution in [2.75, 3.05) is 32.8 Å². The lowest BCUT2D eigenvalue weighted by atomic mass is 10.2. The summed E-state index contributed by atoms with van der Waals surface area (Å²) in [5.74, 6) is 0. The molecule has 1 heterocycles. The fourth-order valence-corrected chi connectivity index (χ4v) is 2.14. The van der Waals surface area contributed by atoms with Gasteiger partial charge in [0.05, 0.1) is 12.2 Å². The Hall–Kier alpha value is -0.160. The molecule has 2 atom stereocenters. The summed E-state index contributed by atoms with van der Waals surface area (Å²) >= 11 is 0. The number of nitrogens with zero attached hydrogens (tertiary/aromatic N) is 1. The van der Waals surface area contributed by atoms with Gasteiger partial charge in [0.2, 0.25) is 0 Å². The quantitative estimate of drug-likeness (QED) is 0.664. The first kappa shape index (κ1) is 14.9. The molecule has 1 aliphatic rings. The van der Waals surface area contributed by atoms with E-state index in [-0.39, 0.29) is 6.10 Å². The highest BCUT2D eigenvalue weighted by molar-refractivity contribution is 4.73. The number of aliphatic hydroxyl groups is 1. The van der Waals surface area contributed by atoms with Gasteiger partial charge in [0, 0.05) is 32.3 Å². The summed E-state index contributed by atoms with van der Waals surface area (Å²) < 4.78 is 5.63. The standard InChI is InChI=1S/C13H28N2O2/c1-4-15(10-13-6-5-7-17-13)9-12(16)8-14-11(2)3/h11-14,16H,4-10H2,1-3H3. The van der Waals surface area contributed by atoms with Gasteiger partial charge in [0.25, 0.3) is 0 Å². The third kappa shape index (κ3) is 6.36. The van der Waals surface area contributed by atoms with Crippen molar-refractivity contribution in [2.45, 2.75) is 51.9 Å². The largest absolute Gasteiger partial charge is 0.390 e. The van der Waals surface area contributed by atoms with E-state index in [4.69, 9.17) is 4.74 Å². The lowest BCUT2D eigenvalue weighted by Gasteiger charge is -2.26. The van der Waals surface area contributed by atoms with E-state index in [9.17, 15) is 5.11 Å². The Morgan fingerprint density at radius 2 is 2.24 bits per heavy atom. The van der Waals surface area contributed by atoms with Crippen molar-refractivity contribution in [2.24, 2.45) is 0 Å². The summed E-state index contributed by atoms with van der Waals surface area (Å²) in [6.45, 7) is 10.5. The van der Waals surface area contributed by atoms with Crippen LogP contribution in [0.1, 0.15) is 33.6 Å². The summed E-state index contributed by atoms with van der Waals surface area (Å²) in [6.07, 6.45) is 2.43. The van der Waals surface area contributed by atoms with Crippen LogP contribution in [-0.4, -0.2) is 61.0 Å². The Kier molecular flexibility index (Phi) is 7.04. The molecule has 0 aliphatic carbocycles. The SMILES string of the molecule is CCN(CC(O)CNC(C)C)CC1CCCO1. The predicted octanol–water partition coefficient (Wildman–Crippen LogP) is 0.846. The molecule has 1 aliphatic heterocycles. The van der Waals surface area contributed by atoms with E-state index >= 15 is 0 Å². The minimum atomic E-state index is -0.293. The summed E-state index contributed by atoms with van der Waals surface area (Å²) in [7, 11) is 0. The van der Waals surface area contributed by atoms with E-state index < -0.39 is 0 Å². The second kappa shape index (κ2) is 8.03. The first-order chi connectivity index (χ1) is 8.11. The molecule has 2 unspecified atom stereocenters. The average Bonchev–Trinajstić information content (AvgIpc) is 2.78. The number of nitrogens with one attached hydrogen (secondary N) is 1. The van der Waals surface area contributed by atoms with Crippen LogP contribution < -0.4 is 5.32 Å². The van der Waals surface area contributed by atoms with E-state index in [1.54, 1.807) is 0 Å². The topological polar surface area (TPSA) is 44.7 Å². The fourth-order valence-electron chi connectivity index (χ4n) is 2.14. The average molecular weight is 244 g/mol. The molecule has 0 bridgehead atoms. The molecular weight excluding hydrogens is 216 g/mol. The maximum atomic E-state index is 9.93. The van der Waals surface area contributed by atoms with Crippen LogP contribution in [0.3, 0.4) is 0 Å². The van der Waals surface area contributed by atoms with Crippen molar-refractivity contribution in [3.05, 3.63) is 0 Å². The van der Waals surface area contributed by atoms with Crippen LogP contribution in [-0.2, 0) is 4.74 Å². The van der Waals surface area contributed by atoms with E-state index in [1.165, 1.54) is 6.42 Å². The molecule has 0 amide bonds. The van der Waals surface area contributed by atoms with Crippen LogP contribution in [0.4, 0.5) is 0 Å². The summed E-state index contributed by atoms with van der Waals surface area (Å²) in [5, 5.41) is 13.2. The molecule has 0 radical (unpaired) electrons. The maximum Gasteiger partial charge on any atom is 0.0791 e. The molecule has 17 heavy (non-hydrogen) atoms. The molecule has 0 spiro atoms. The number of hydrogen-bond donors (Lipinski definition) is 2. The molecular formula is C13H28N2O2. The number of aliphatic hydroxyl groups excluding tert-OH is 1. The highest BCUT2D eigenvalue weighted by Gasteiger charge is 2.19. The third-order valence-corrected chi connectivity index (χ3v) is 3.16. The van der Waals surface area contributed by atoms with Crippen LogP contribution in [0.15, 0.2) is 0 Å². The third-order valence-electron chi connectivity index (χ3n) is 3.16. The van der Waals surface area contributed by atoms with E-state index in [1.807, 2.05) is 0 Å². The van der Waals surface area contributed by atoms with Gasteiger partial charge in [-0.2, -0.15) is 0 Å². The highest BCUT2D eigenvalue weighted by Crippen LogP contribution is 2.13. The molecule has 102 valence electrons. The minimum Gasteiger partial charge on any atom is -0.390 e. The van der Waals surface area contributed by atoms with Crippen molar-refractivity contribution in [1.82, 2.24) is 10.2 Å². The number of rotatable bonds is 8. The Balaban J connectivity index is 2.20. The number of ether oxygens (including phenoxy) is 1. The van der Waals surface area contributed by atoms with Gasteiger partial charge < -0.3 is 15.2 Å². The van der Waals surface area contributed by atoms with Crippen LogP contribution in [0.25, 0.3) is 0 Å². The van der Waals surface area contributed by atoms with Crippen molar-refractivity contribution in [1.29, 1.82) is 0 Å². The Morgan fingerprint density at radius 3 is 2.76 bits per heavy atom. The first-order valence-electron chi connectivity index (χ1n) is 6.87. The monoisotopic (exact) mass is 244 g/mol. The van der Waals surface area contributed by atoms with Gasteiger partial charge in [-0.3, -0.25) is 4.90 Å². The highest BCUT2D eigenvalue weighted by atomic mass is 16.5. The van der Waals surface area contributed by atoms with Crippen molar-refractivity contribution < 1.29 is 9.84 Å². The zero-order valence-electron chi connectivity index (χ0n) is 11.5. The van der Waals surface area contributed by atoms with E-state index in [2.05, 4.69) is 31.0 Å².